The SMILES string of the molecule is CCOC(=O)c1ccccc1NC(=O)CC(=O)NC1CCCCC1. The molecule has 1 aromatic rings. The third-order valence-electron chi connectivity index (χ3n) is 3.99. The number of amides is 2. The molecule has 0 aromatic heterocycles. The molecule has 6 nitrogen and oxygen atoms in total. The zero-order chi connectivity index (χ0) is 17.4. The van der Waals surface area contributed by atoms with Gasteiger partial charge in [0.25, 0.3) is 0 Å². The van der Waals surface area contributed by atoms with Gasteiger partial charge in [0.1, 0.15) is 6.42 Å². The van der Waals surface area contributed by atoms with Crippen LogP contribution in [0.15, 0.2) is 24.3 Å². The number of carbonyl (C=O) groups is 3. The first-order valence-electron chi connectivity index (χ1n) is 8.45. The molecule has 2 N–H and O–H groups in total. The zero-order valence-electron chi connectivity index (χ0n) is 14.0. The monoisotopic (exact) mass is 332 g/mol. The minimum Gasteiger partial charge on any atom is -0.462 e. The normalized spacial score (nSPS) is 14.7. The maximum atomic E-state index is 12.1. The molecule has 0 saturated heterocycles. The molecule has 0 bridgehead atoms. The maximum Gasteiger partial charge on any atom is 0.340 e. The van der Waals surface area contributed by atoms with Gasteiger partial charge in [0.2, 0.25) is 11.8 Å². The van der Waals surface area contributed by atoms with Crippen LogP contribution in [-0.4, -0.2) is 30.4 Å². The average molecular weight is 332 g/mol. The Bertz CT molecular complexity index is 594. The van der Waals surface area contributed by atoms with Gasteiger partial charge in [-0.3, -0.25) is 9.59 Å². The lowest BCUT2D eigenvalue weighted by Gasteiger charge is -2.22. The van der Waals surface area contributed by atoms with Crippen LogP contribution in [0.1, 0.15) is 55.8 Å². The Hall–Kier alpha value is -2.37. The number of ether oxygens (including phenoxy) is 1. The van der Waals surface area contributed by atoms with Crippen LogP contribution in [0.25, 0.3) is 0 Å². The largest absolute Gasteiger partial charge is 0.462 e. The van der Waals surface area contributed by atoms with Crippen molar-refractivity contribution in [1.29, 1.82) is 0 Å². The molecule has 1 saturated carbocycles. The van der Waals surface area contributed by atoms with E-state index in [2.05, 4.69) is 10.6 Å². The number of esters is 1. The van der Waals surface area contributed by atoms with Crippen LogP contribution in [-0.2, 0) is 14.3 Å². The van der Waals surface area contributed by atoms with E-state index in [0.29, 0.717) is 5.69 Å². The lowest BCUT2D eigenvalue weighted by molar-refractivity contribution is -0.127. The number of hydrogen-bond donors (Lipinski definition) is 2. The van der Waals surface area contributed by atoms with Crippen molar-refractivity contribution in [2.75, 3.05) is 11.9 Å². The predicted octanol–water partition coefficient (Wildman–Crippen LogP) is 2.64. The number of benzene rings is 1. The number of para-hydroxylation sites is 1. The summed E-state index contributed by atoms with van der Waals surface area (Å²) in [6.07, 6.45) is 5.12. The first kappa shape index (κ1) is 18.0. The molecule has 2 amide bonds. The molecule has 1 fully saturated rings. The van der Waals surface area contributed by atoms with Crippen molar-refractivity contribution in [1.82, 2.24) is 5.32 Å². The fourth-order valence-corrected chi connectivity index (χ4v) is 2.84. The average Bonchev–Trinajstić information content (AvgIpc) is 2.56. The fraction of sp³-hybridized carbons (Fsp3) is 0.500. The summed E-state index contributed by atoms with van der Waals surface area (Å²) in [6, 6.07) is 6.77. The molecule has 0 aliphatic heterocycles. The van der Waals surface area contributed by atoms with E-state index < -0.39 is 11.9 Å². The van der Waals surface area contributed by atoms with E-state index in [1.165, 1.54) is 6.42 Å². The molecular formula is C18H24N2O4. The molecule has 0 heterocycles. The number of carbonyl (C=O) groups excluding carboxylic acids is 3. The van der Waals surface area contributed by atoms with Gasteiger partial charge in [0.05, 0.1) is 17.9 Å². The van der Waals surface area contributed by atoms with E-state index >= 15 is 0 Å². The van der Waals surface area contributed by atoms with Crippen molar-refractivity contribution < 1.29 is 19.1 Å². The van der Waals surface area contributed by atoms with E-state index in [9.17, 15) is 14.4 Å². The summed E-state index contributed by atoms with van der Waals surface area (Å²) in [4.78, 5) is 35.9. The van der Waals surface area contributed by atoms with E-state index in [1.54, 1.807) is 31.2 Å². The van der Waals surface area contributed by atoms with Crippen LogP contribution in [0.5, 0.6) is 0 Å². The second-order valence-electron chi connectivity index (χ2n) is 5.89. The van der Waals surface area contributed by atoms with Crippen LogP contribution in [0.3, 0.4) is 0 Å². The van der Waals surface area contributed by atoms with Crippen molar-refractivity contribution >= 4 is 23.5 Å². The Morgan fingerprint density at radius 2 is 1.79 bits per heavy atom. The summed E-state index contributed by atoms with van der Waals surface area (Å²) in [6.45, 7) is 1.97. The highest BCUT2D eigenvalue weighted by Gasteiger charge is 2.19. The van der Waals surface area contributed by atoms with Crippen molar-refractivity contribution in [2.45, 2.75) is 51.5 Å². The van der Waals surface area contributed by atoms with Crippen molar-refractivity contribution in [3.05, 3.63) is 29.8 Å². The van der Waals surface area contributed by atoms with Crippen LogP contribution in [0, 0.1) is 0 Å². The van der Waals surface area contributed by atoms with Crippen molar-refractivity contribution in [2.24, 2.45) is 0 Å². The van der Waals surface area contributed by atoms with Crippen LogP contribution in [0.2, 0.25) is 0 Å². The Balaban J connectivity index is 1.90. The second-order valence-corrected chi connectivity index (χ2v) is 5.89. The molecule has 0 radical (unpaired) electrons. The molecule has 24 heavy (non-hydrogen) atoms. The third-order valence-corrected chi connectivity index (χ3v) is 3.99. The van der Waals surface area contributed by atoms with E-state index in [4.69, 9.17) is 4.74 Å². The van der Waals surface area contributed by atoms with Crippen LogP contribution >= 0.6 is 0 Å². The minimum atomic E-state index is -0.500. The summed E-state index contributed by atoms with van der Waals surface area (Å²) in [5.74, 6) is -1.23. The summed E-state index contributed by atoms with van der Waals surface area (Å²) in [5, 5.41) is 5.52. The van der Waals surface area contributed by atoms with Gasteiger partial charge in [-0.25, -0.2) is 4.79 Å². The highest BCUT2D eigenvalue weighted by atomic mass is 16.5. The van der Waals surface area contributed by atoms with Crippen molar-refractivity contribution in [3.63, 3.8) is 0 Å². The molecule has 1 aliphatic rings. The van der Waals surface area contributed by atoms with Gasteiger partial charge in [-0.15, -0.1) is 0 Å². The summed E-state index contributed by atoms with van der Waals surface area (Å²) in [7, 11) is 0. The number of anilines is 1. The molecule has 0 spiro atoms. The number of rotatable bonds is 6. The fourth-order valence-electron chi connectivity index (χ4n) is 2.84. The first-order chi connectivity index (χ1) is 11.6. The molecule has 6 heteroatoms. The second kappa shape index (κ2) is 9.05. The highest BCUT2D eigenvalue weighted by Crippen LogP contribution is 2.18. The standard InChI is InChI=1S/C18H24N2O4/c1-2-24-18(23)14-10-6-7-11-15(14)20-17(22)12-16(21)19-13-8-4-3-5-9-13/h6-7,10-11,13H,2-5,8-9,12H2,1H3,(H,19,21)(H,20,22). The van der Waals surface area contributed by atoms with Gasteiger partial charge in [0, 0.05) is 6.04 Å². The summed E-state index contributed by atoms with van der Waals surface area (Å²) >= 11 is 0. The Kier molecular flexibility index (Phi) is 6.78. The lowest BCUT2D eigenvalue weighted by Crippen LogP contribution is -2.37. The predicted molar refractivity (Wildman–Crippen MR) is 90.7 cm³/mol. The van der Waals surface area contributed by atoms with Crippen molar-refractivity contribution in [3.8, 4) is 0 Å². The molecule has 2 rings (SSSR count). The van der Waals surface area contributed by atoms with Gasteiger partial charge in [-0.2, -0.15) is 0 Å². The molecule has 1 aromatic carbocycles. The smallest absolute Gasteiger partial charge is 0.340 e. The zero-order valence-corrected chi connectivity index (χ0v) is 14.0. The Morgan fingerprint density at radius 3 is 2.50 bits per heavy atom. The minimum absolute atomic E-state index is 0.172. The summed E-state index contributed by atoms with van der Waals surface area (Å²) in [5.41, 5.74) is 0.631. The molecule has 1 aliphatic carbocycles. The quantitative estimate of drug-likeness (QED) is 0.619. The summed E-state index contributed by atoms with van der Waals surface area (Å²) < 4.78 is 4.96. The molecule has 130 valence electrons. The number of nitrogens with one attached hydrogen (secondary N) is 2. The molecular weight excluding hydrogens is 308 g/mol. The van der Waals surface area contributed by atoms with E-state index in [-0.39, 0.29) is 30.5 Å². The van der Waals surface area contributed by atoms with Gasteiger partial charge in [0.15, 0.2) is 0 Å². The Labute approximate surface area is 142 Å². The van der Waals surface area contributed by atoms with E-state index in [0.717, 1.165) is 25.7 Å². The van der Waals surface area contributed by atoms with Gasteiger partial charge >= 0.3 is 5.97 Å². The molecule has 0 unspecified atom stereocenters. The van der Waals surface area contributed by atoms with Gasteiger partial charge in [-0.1, -0.05) is 31.4 Å². The van der Waals surface area contributed by atoms with Crippen LogP contribution < -0.4 is 10.6 Å². The topological polar surface area (TPSA) is 84.5 Å². The van der Waals surface area contributed by atoms with Gasteiger partial charge < -0.3 is 15.4 Å². The van der Waals surface area contributed by atoms with Crippen LogP contribution in [0.4, 0.5) is 5.69 Å². The molecule has 0 atom stereocenters. The van der Waals surface area contributed by atoms with Gasteiger partial charge in [-0.05, 0) is 31.9 Å². The third kappa shape index (κ3) is 5.37. The maximum absolute atomic E-state index is 12.1. The first-order valence-corrected chi connectivity index (χ1v) is 8.45. The highest BCUT2D eigenvalue weighted by molar-refractivity contribution is 6.06. The lowest BCUT2D eigenvalue weighted by atomic mass is 9.95. The Morgan fingerprint density at radius 1 is 1.08 bits per heavy atom. The van der Waals surface area contributed by atoms with E-state index in [1.807, 2.05) is 0 Å². The number of hydrogen-bond acceptors (Lipinski definition) is 4.